The number of nitrogens with one attached hydrogen (secondary N) is 2. The molecule has 2 aromatic rings. The molecule has 0 bridgehead atoms. The van der Waals surface area contributed by atoms with Crippen LogP contribution in [0.25, 0.3) is 0 Å². The third-order valence-corrected chi connectivity index (χ3v) is 6.67. The zero-order valence-corrected chi connectivity index (χ0v) is 16.1. The summed E-state index contributed by atoms with van der Waals surface area (Å²) in [5.41, 5.74) is 6.23. The van der Waals surface area contributed by atoms with Crippen molar-refractivity contribution >= 4 is 22.9 Å². The number of aromatic amines is 1. The molecular weight excluding hydrogens is 328 g/mol. The topological polar surface area (TPSA) is 43.2 Å². The van der Waals surface area contributed by atoms with Gasteiger partial charge in [-0.15, -0.1) is 0 Å². The number of allylic oxidation sites excluding steroid dienone is 2. The van der Waals surface area contributed by atoms with Crippen LogP contribution in [0.3, 0.4) is 0 Å². The lowest BCUT2D eigenvalue weighted by Gasteiger charge is -2.42. The Morgan fingerprint density at radius 1 is 1.20 bits per heavy atom. The van der Waals surface area contributed by atoms with E-state index in [-0.39, 0.29) is 10.8 Å². The highest BCUT2D eigenvalue weighted by Crippen LogP contribution is 2.54. The number of rotatable bonds is 2. The number of Topliss-reactive ketones (excluding diaryl/α,β-unsaturated/α-hetero) is 1. The van der Waals surface area contributed by atoms with Crippen LogP contribution in [0.15, 0.2) is 41.0 Å². The predicted molar refractivity (Wildman–Crippen MR) is 102 cm³/mol. The summed E-state index contributed by atoms with van der Waals surface area (Å²) in [4.78, 5) is 17.9. The van der Waals surface area contributed by atoms with Crippen molar-refractivity contribution in [2.45, 2.75) is 52.4 Å². The van der Waals surface area contributed by atoms with Crippen molar-refractivity contribution in [1.29, 1.82) is 0 Å². The van der Waals surface area contributed by atoms with Gasteiger partial charge in [0.25, 0.3) is 5.82 Å². The van der Waals surface area contributed by atoms with Gasteiger partial charge in [-0.1, -0.05) is 61.9 Å². The van der Waals surface area contributed by atoms with Gasteiger partial charge in [0.05, 0.1) is 11.0 Å². The van der Waals surface area contributed by atoms with Gasteiger partial charge in [0.15, 0.2) is 5.78 Å². The molecule has 1 aromatic carbocycles. The van der Waals surface area contributed by atoms with Crippen molar-refractivity contribution in [3.8, 4) is 0 Å². The molecule has 2 heterocycles. The minimum Gasteiger partial charge on any atom is -0.294 e. The zero-order valence-electron chi connectivity index (χ0n) is 15.3. The maximum Gasteiger partial charge on any atom is 0.292 e. The number of thiazole rings is 1. The van der Waals surface area contributed by atoms with Crippen LogP contribution >= 0.6 is 11.3 Å². The fourth-order valence-electron chi connectivity index (χ4n) is 4.52. The van der Waals surface area contributed by atoms with Gasteiger partial charge in [0, 0.05) is 12.8 Å². The Morgan fingerprint density at radius 2 is 1.92 bits per heavy atom. The lowest BCUT2D eigenvalue weighted by atomic mass is 9.62. The number of aryl methyl sites for hydroxylation is 1. The maximum atomic E-state index is 13.3. The molecule has 1 aliphatic heterocycles. The van der Waals surface area contributed by atoms with E-state index in [9.17, 15) is 4.79 Å². The predicted octanol–water partition coefficient (Wildman–Crippen LogP) is 4.64. The lowest BCUT2D eigenvalue weighted by Crippen LogP contribution is -2.43. The monoisotopic (exact) mass is 353 g/mol. The van der Waals surface area contributed by atoms with Crippen molar-refractivity contribution < 1.29 is 9.78 Å². The average molecular weight is 354 g/mol. The SMILES string of the molecule is CCC1(c2ccc(C)cc2)C2=C(CC(C)(C)CC2=O)Nc2[nH+]csc21. The molecule has 1 atom stereocenters. The third-order valence-electron chi connectivity index (χ3n) is 5.65. The Hall–Kier alpha value is -1.94. The minimum atomic E-state index is -0.345. The molecule has 3 nitrogen and oxygen atoms in total. The molecule has 1 unspecified atom stereocenters. The molecule has 0 amide bonds. The van der Waals surface area contributed by atoms with Crippen molar-refractivity contribution in [2.24, 2.45) is 5.41 Å². The van der Waals surface area contributed by atoms with Crippen LogP contribution in [0.4, 0.5) is 5.82 Å². The molecule has 1 aliphatic carbocycles. The number of anilines is 1. The molecule has 0 fully saturated rings. The molecule has 2 aliphatic rings. The molecule has 4 heteroatoms. The molecule has 1 aromatic heterocycles. The average Bonchev–Trinajstić information content (AvgIpc) is 3.01. The first-order chi connectivity index (χ1) is 11.9. The lowest BCUT2D eigenvalue weighted by molar-refractivity contribution is -0.354. The van der Waals surface area contributed by atoms with Gasteiger partial charge < -0.3 is 0 Å². The van der Waals surface area contributed by atoms with E-state index in [1.165, 1.54) is 16.0 Å². The van der Waals surface area contributed by atoms with Gasteiger partial charge in [-0.2, -0.15) is 0 Å². The number of H-pyrrole nitrogens is 1. The van der Waals surface area contributed by atoms with E-state index in [1.54, 1.807) is 11.3 Å². The number of ketones is 1. The quantitative estimate of drug-likeness (QED) is 0.855. The van der Waals surface area contributed by atoms with Gasteiger partial charge in [0.1, 0.15) is 16.1 Å². The Bertz CT molecular complexity index is 876. The number of hydrogen-bond donors (Lipinski definition) is 1. The summed E-state index contributed by atoms with van der Waals surface area (Å²) in [5, 5.41) is 3.55. The highest BCUT2D eigenvalue weighted by atomic mass is 32.1. The van der Waals surface area contributed by atoms with E-state index < -0.39 is 0 Å². The van der Waals surface area contributed by atoms with Crippen LogP contribution in [0.2, 0.25) is 0 Å². The highest BCUT2D eigenvalue weighted by molar-refractivity contribution is 7.10. The van der Waals surface area contributed by atoms with Crippen LogP contribution in [0.1, 0.15) is 56.0 Å². The Kier molecular flexibility index (Phi) is 3.66. The van der Waals surface area contributed by atoms with Gasteiger partial charge in [-0.25, -0.2) is 10.3 Å². The summed E-state index contributed by atoms with van der Waals surface area (Å²) >= 11 is 1.71. The largest absolute Gasteiger partial charge is 0.294 e. The Balaban J connectivity index is 2.01. The normalized spacial score (nSPS) is 24.6. The van der Waals surface area contributed by atoms with Gasteiger partial charge in [-0.3, -0.25) is 4.79 Å². The fourth-order valence-corrected chi connectivity index (χ4v) is 5.61. The van der Waals surface area contributed by atoms with E-state index in [0.29, 0.717) is 12.2 Å². The Morgan fingerprint density at radius 3 is 2.60 bits per heavy atom. The summed E-state index contributed by atoms with van der Waals surface area (Å²) in [6.45, 7) is 8.67. The maximum absolute atomic E-state index is 13.3. The minimum absolute atomic E-state index is 0.00317. The molecule has 0 saturated carbocycles. The zero-order chi connectivity index (χ0) is 17.8. The number of carbonyl (C=O) groups is 1. The van der Waals surface area contributed by atoms with Crippen LogP contribution in [0.5, 0.6) is 0 Å². The summed E-state index contributed by atoms with van der Waals surface area (Å²) in [7, 11) is 0. The molecule has 0 spiro atoms. The smallest absolute Gasteiger partial charge is 0.292 e. The summed E-state index contributed by atoms with van der Waals surface area (Å²) in [5.74, 6) is 1.34. The molecule has 4 rings (SSSR count). The van der Waals surface area contributed by atoms with E-state index >= 15 is 0 Å². The van der Waals surface area contributed by atoms with Gasteiger partial charge in [0.2, 0.25) is 0 Å². The number of fused-ring (bicyclic) bond motifs is 1. The summed E-state index contributed by atoms with van der Waals surface area (Å²) < 4.78 is 0. The van der Waals surface area contributed by atoms with Crippen molar-refractivity contribution in [3.05, 3.63) is 57.1 Å². The standard InChI is InChI=1S/C21H24N2OS/c1-5-21(14-8-6-13(2)7-9-14)17-15(10-20(3,4)11-16(17)24)23-19-18(21)25-12-22-19/h6-9,12,23H,5,10-11H2,1-4H3/p+1. The van der Waals surface area contributed by atoms with E-state index in [2.05, 4.69) is 62.3 Å². The first-order valence-corrected chi connectivity index (χ1v) is 9.86. The van der Waals surface area contributed by atoms with Crippen LogP contribution in [-0.4, -0.2) is 5.78 Å². The first kappa shape index (κ1) is 16.5. The van der Waals surface area contributed by atoms with E-state index in [1.807, 2.05) is 5.51 Å². The third kappa shape index (κ3) is 2.38. The second kappa shape index (κ2) is 5.53. The van der Waals surface area contributed by atoms with Crippen molar-refractivity contribution in [3.63, 3.8) is 0 Å². The number of hydrogen-bond acceptors (Lipinski definition) is 3. The van der Waals surface area contributed by atoms with E-state index in [4.69, 9.17) is 0 Å². The number of carbonyl (C=O) groups excluding carboxylic acids is 1. The van der Waals surface area contributed by atoms with Crippen LogP contribution in [0, 0.1) is 12.3 Å². The number of aromatic nitrogens is 1. The van der Waals surface area contributed by atoms with Gasteiger partial charge >= 0.3 is 0 Å². The summed E-state index contributed by atoms with van der Waals surface area (Å²) in [6.07, 6.45) is 2.40. The molecular formula is C21H25N2OS+. The summed E-state index contributed by atoms with van der Waals surface area (Å²) in [6, 6.07) is 8.71. The van der Waals surface area contributed by atoms with Crippen molar-refractivity contribution in [1.82, 2.24) is 0 Å². The molecule has 25 heavy (non-hydrogen) atoms. The fraction of sp³-hybridized carbons (Fsp3) is 0.429. The Labute approximate surface area is 153 Å². The van der Waals surface area contributed by atoms with Crippen molar-refractivity contribution in [2.75, 3.05) is 5.32 Å². The highest BCUT2D eigenvalue weighted by Gasteiger charge is 2.53. The van der Waals surface area contributed by atoms with E-state index in [0.717, 1.165) is 29.9 Å². The first-order valence-electron chi connectivity index (χ1n) is 8.98. The van der Waals surface area contributed by atoms with Crippen LogP contribution < -0.4 is 10.3 Å². The second-order valence-corrected chi connectivity index (χ2v) is 9.01. The molecule has 2 N–H and O–H groups in total. The molecule has 130 valence electrons. The van der Waals surface area contributed by atoms with Crippen LogP contribution in [-0.2, 0) is 10.2 Å². The molecule has 0 radical (unpaired) electrons. The molecule has 0 saturated heterocycles. The number of benzene rings is 1. The van der Waals surface area contributed by atoms with Gasteiger partial charge in [-0.05, 0) is 24.3 Å². The second-order valence-electron chi connectivity index (χ2n) is 8.13.